The molecule has 0 saturated carbocycles. The maximum atomic E-state index is 5.53. The zero-order chi connectivity index (χ0) is 18.2. The fourth-order valence-electron chi connectivity index (χ4n) is 3.48. The maximum absolute atomic E-state index is 5.53. The first-order valence-electron chi connectivity index (χ1n) is 9.74. The van der Waals surface area contributed by atoms with Crippen LogP contribution in [0.5, 0.6) is 0 Å². The van der Waals surface area contributed by atoms with E-state index in [4.69, 9.17) is 4.74 Å². The lowest BCUT2D eigenvalue weighted by atomic mass is 9.99. The van der Waals surface area contributed by atoms with Gasteiger partial charge in [-0.2, -0.15) is 0 Å². The van der Waals surface area contributed by atoms with Gasteiger partial charge in [0.05, 0.1) is 0 Å². The summed E-state index contributed by atoms with van der Waals surface area (Å²) in [4.78, 5) is 9.36. The maximum Gasteiger partial charge on any atom is 0.128 e. The zero-order valence-electron chi connectivity index (χ0n) is 16.1. The molecule has 0 aliphatic carbocycles. The van der Waals surface area contributed by atoms with E-state index < -0.39 is 0 Å². The Morgan fingerprint density at radius 3 is 2.38 bits per heavy atom. The van der Waals surface area contributed by atoms with Crippen molar-refractivity contribution in [2.24, 2.45) is 5.92 Å². The molecule has 1 aliphatic rings. The van der Waals surface area contributed by atoms with Gasteiger partial charge >= 0.3 is 0 Å². The molecule has 140 valence electrons. The van der Waals surface area contributed by atoms with Gasteiger partial charge < -0.3 is 9.64 Å². The number of nitrogens with zero attached hydrogens (tertiary/aromatic N) is 3. The molecule has 0 unspecified atom stereocenters. The Balaban J connectivity index is 1.67. The number of anilines is 1. The molecule has 0 atom stereocenters. The van der Waals surface area contributed by atoms with Crippen molar-refractivity contribution in [1.82, 2.24) is 9.88 Å². The molecule has 26 heavy (non-hydrogen) atoms. The summed E-state index contributed by atoms with van der Waals surface area (Å²) in [5, 5.41) is 0. The lowest BCUT2D eigenvalue weighted by Crippen LogP contribution is -2.32. The number of pyridine rings is 1. The highest BCUT2D eigenvalue weighted by molar-refractivity contribution is 5.38. The standard InChI is InChI=1S/C22H31N3O/c1-3-24(2)22-10-9-21(15-23-22)18-25(16-19-7-5-4-6-8-19)17-20-11-13-26-14-12-20/h4-10,15,20H,3,11-14,16-18H2,1-2H3. The molecule has 1 saturated heterocycles. The van der Waals surface area contributed by atoms with Gasteiger partial charge in [-0.15, -0.1) is 0 Å². The molecule has 0 bridgehead atoms. The second-order valence-electron chi connectivity index (χ2n) is 7.25. The van der Waals surface area contributed by atoms with E-state index in [1.807, 2.05) is 6.20 Å². The minimum atomic E-state index is 0.728. The summed E-state index contributed by atoms with van der Waals surface area (Å²) in [5.41, 5.74) is 2.65. The van der Waals surface area contributed by atoms with Crippen molar-refractivity contribution in [3.05, 3.63) is 59.8 Å². The molecule has 1 fully saturated rings. The van der Waals surface area contributed by atoms with Crippen LogP contribution in [0.15, 0.2) is 48.7 Å². The van der Waals surface area contributed by atoms with Crippen LogP contribution in [0.2, 0.25) is 0 Å². The normalized spacial score (nSPS) is 15.3. The Hall–Kier alpha value is -1.91. The van der Waals surface area contributed by atoms with Crippen molar-refractivity contribution >= 4 is 5.82 Å². The third kappa shape index (κ3) is 5.55. The molecule has 2 heterocycles. The Morgan fingerprint density at radius 1 is 1.00 bits per heavy atom. The molecule has 1 aromatic heterocycles. The smallest absolute Gasteiger partial charge is 0.128 e. The summed E-state index contributed by atoms with van der Waals surface area (Å²) in [5.74, 6) is 1.77. The molecular formula is C22H31N3O. The van der Waals surface area contributed by atoms with E-state index in [9.17, 15) is 0 Å². The van der Waals surface area contributed by atoms with Gasteiger partial charge in [0.15, 0.2) is 0 Å². The average molecular weight is 354 g/mol. The summed E-state index contributed by atoms with van der Waals surface area (Å²) < 4.78 is 5.53. The number of hydrogen-bond acceptors (Lipinski definition) is 4. The molecule has 0 radical (unpaired) electrons. The third-order valence-electron chi connectivity index (χ3n) is 5.19. The topological polar surface area (TPSA) is 28.6 Å². The Morgan fingerprint density at radius 2 is 1.73 bits per heavy atom. The SMILES string of the molecule is CCN(C)c1ccc(CN(Cc2ccccc2)CC2CCOCC2)cn1. The van der Waals surface area contributed by atoms with Crippen LogP contribution in [0.3, 0.4) is 0 Å². The highest BCUT2D eigenvalue weighted by Gasteiger charge is 2.18. The molecule has 2 aromatic rings. The van der Waals surface area contributed by atoms with Gasteiger partial charge in [0, 0.05) is 52.6 Å². The summed E-state index contributed by atoms with van der Waals surface area (Å²) >= 11 is 0. The second-order valence-corrected chi connectivity index (χ2v) is 7.25. The van der Waals surface area contributed by atoms with Crippen LogP contribution in [0.4, 0.5) is 5.82 Å². The van der Waals surface area contributed by atoms with Gasteiger partial charge in [0.25, 0.3) is 0 Å². The largest absolute Gasteiger partial charge is 0.381 e. The van der Waals surface area contributed by atoms with Gasteiger partial charge in [0.1, 0.15) is 5.82 Å². The van der Waals surface area contributed by atoms with Crippen LogP contribution in [0.25, 0.3) is 0 Å². The Labute approximate surface area is 157 Å². The second kappa shape index (κ2) is 9.70. The monoisotopic (exact) mass is 353 g/mol. The van der Waals surface area contributed by atoms with E-state index in [-0.39, 0.29) is 0 Å². The first-order chi connectivity index (χ1) is 12.7. The number of rotatable bonds is 8. The van der Waals surface area contributed by atoms with Gasteiger partial charge in [0.2, 0.25) is 0 Å². The number of aromatic nitrogens is 1. The molecule has 0 N–H and O–H groups in total. The average Bonchev–Trinajstić information content (AvgIpc) is 2.69. The highest BCUT2D eigenvalue weighted by atomic mass is 16.5. The Bertz CT molecular complexity index is 638. The van der Waals surface area contributed by atoms with Crippen LogP contribution in [0.1, 0.15) is 30.9 Å². The van der Waals surface area contributed by atoms with E-state index >= 15 is 0 Å². The highest BCUT2D eigenvalue weighted by Crippen LogP contribution is 2.20. The number of hydrogen-bond donors (Lipinski definition) is 0. The molecule has 0 amide bonds. The number of benzene rings is 1. The molecule has 3 rings (SSSR count). The predicted molar refractivity (Wildman–Crippen MR) is 107 cm³/mol. The quantitative estimate of drug-likeness (QED) is 0.718. The first kappa shape index (κ1) is 18.9. The van der Waals surface area contributed by atoms with Crippen molar-refractivity contribution in [2.45, 2.75) is 32.9 Å². The lowest BCUT2D eigenvalue weighted by molar-refractivity contribution is 0.0501. The van der Waals surface area contributed by atoms with Gasteiger partial charge in [-0.1, -0.05) is 36.4 Å². The van der Waals surface area contributed by atoms with Crippen LogP contribution in [-0.2, 0) is 17.8 Å². The summed E-state index contributed by atoms with van der Waals surface area (Å²) in [6, 6.07) is 15.1. The van der Waals surface area contributed by atoms with E-state index in [0.717, 1.165) is 51.1 Å². The molecule has 1 aromatic carbocycles. The van der Waals surface area contributed by atoms with Crippen molar-refractivity contribution in [3.63, 3.8) is 0 Å². The fraction of sp³-hybridized carbons (Fsp3) is 0.500. The van der Waals surface area contributed by atoms with Crippen LogP contribution < -0.4 is 4.90 Å². The third-order valence-corrected chi connectivity index (χ3v) is 5.19. The zero-order valence-corrected chi connectivity index (χ0v) is 16.1. The van der Waals surface area contributed by atoms with Crippen LogP contribution in [0, 0.1) is 5.92 Å². The van der Waals surface area contributed by atoms with E-state index in [1.165, 1.54) is 24.0 Å². The van der Waals surface area contributed by atoms with E-state index in [2.05, 4.69) is 71.2 Å². The van der Waals surface area contributed by atoms with Crippen molar-refractivity contribution in [1.29, 1.82) is 0 Å². The van der Waals surface area contributed by atoms with Gasteiger partial charge in [-0.3, -0.25) is 4.90 Å². The summed E-state index contributed by atoms with van der Waals surface area (Å²) in [6.07, 6.45) is 4.37. The number of ether oxygens (including phenoxy) is 1. The fourth-order valence-corrected chi connectivity index (χ4v) is 3.48. The minimum absolute atomic E-state index is 0.728. The molecule has 0 spiro atoms. The molecule has 4 nitrogen and oxygen atoms in total. The minimum Gasteiger partial charge on any atom is -0.381 e. The predicted octanol–water partition coefficient (Wildman–Crippen LogP) is 3.97. The molecule has 1 aliphatic heterocycles. The summed E-state index contributed by atoms with van der Waals surface area (Å²) in [7, 11) is 2.08. The first-order valence-corrected chi connectivity index (χ1v) is 9.74. The van der Waals surface area contributed by atoms with Crippen molar-refractivity contribution in [3.8, 4) is 0 Å². The molecule has 4 heteroatoms. The molecular weight excluding hydrogens is 322 g/mol. The van der Waals surface area contributed by atoms with Crippen LogP contribution in [-0.4, -0.2) is 43.2 Å². The van der Waals surface area contributed by atoms with Gasteiger partial charge in [-0.05, 0) is 42.9 Å². The summed E-state index contributed by atoms with van der Waals surface area (Å²) in [6.45, 7) is 7.97. The van der Waals surface area contributed by atoms with Crippen LogP contribution >= 0.6 is 0 Å². The van der Waals surface area contributed by atoms with E-state index in [1.54, 1.807) is 0 Å². The van der Waals surface area contributed by atoms with Crippen molar-refractivity contribution < 1.29 is 4.74 Å². The van der Waals surface area contributed by atoms with Crippen molar-refractivity contribution in [2.75, 3.05) is 38.3 Å². The Kier molecular flexibility index (Phi) is 7.04. The lowest BCUT2D eigenvalue weighted by Gasteiger charge is -2.30. The van der Waals surface area contributed by atoms with E-state index in [0.29, 0.717) is 0 Å². The van der Waals surface area contributed by atoms with Gasteiger partial charge in [-0.25, -0.2) is 4.98 Å².